The second-order valence-corrected chi connectivity index (χ2v) is 10.4. The van der Waals surface area contributed by atoms with E-state index in [0.717, 1.165) is 33.9 Å². The first-order valence-electron chi connectivity index (χ1n) is 12.1. The third kappa shape index (κ3) is 4.22. The van der Waals surface area contributed by atoms with E-state index in [2.05, 4.69) is 26.0 Å². The highest BCUT2D eigenvalue weighted by atomic mass is 16.4. The van der Waals surface area contributed by atoms with Crippen LogP contribution in [0.2, 0.25) is 0 Å². The van der Waals surface area contributed by atoms with Gasteiger partial charge >= 0.3 is 5.97 Å². The summed E-state index contributed by atoms with van der Waals surface area (Å²) in [6.07, 6.45) is 1.18. The van der Waals surface area contributed by atoms with Gasteiger partial charge < -0.3 is 15.3 Å². The van der Waals surface area contributed by atoms with Crippen LogP contribution < -0.4 is 5.73 Å². The molecule has 1 heterocycles. The summed E-state index contributed by atoms with van der Waals surface area (Å²) in [5.41, 5.74) is 10.5. The van der Waals surface area contributed by atoms with Crippen LogP contribution in [-0.4, -0.2) is 16.9 Å². The first-order chi connectivity index (χ1) is 17.1. The quantitative estimate of drug-likeness (QED) is 0.292. The third-order valence-electron chi connectivity index (χ3n) is 7.06. The summed E-state index contributed by atoms with van der Waals surface area (Å²) >= 11 is 0. The van der Waals surface area contributed by atoms with E-state index in [1.807, 2.05) is 49.4 Å². The molecule has 0 aliphatic heterocycles. The van der Waals surface area contributed by atoms with Crippen molar-refractivity contribution in [1.29, 1.82) is 0 Å². The van der Waals surface area contributed by atoms with Crippen LogP contribution in [-0.2, 0) is 4.79 Å². The summed E-state index contributed by atoms with van der Waals surface area (Å²) in [5.74, 6) is 0.0422. The van der Waals surface area contributed by atoms with Crippen LogP contribution in [0.4, 0.5) is 5.69 Å². The Labute approximate surface area is 210 Å². The third-order valence-corrected chi connectivity index (χ3v) is 7.06. The Morgan fingerprint density at radius 1 is 1.00 bits per heavy atom. The average molecular weight is 480 g/mol. The van der Waals surface area contributed by atoms with Gasteiger partial charge in [0.25, 0.3) is 0 Å². The van der Waals surface area contributed by atoms with Gasteiger partial charge in [0.1, 0.15) is 11.5 Å². The van der Waals surface area contributed by atoms with E-state index in [-0.39, 0.29) is 22.7 Å². The maximum atomic E-state index is 13.6. The fourth-order valence-corrected chi connectivity index (χ4v) is 5.37. The molecule has 0 bridgehead atoms. The van der Waals surface area contributed by atoms with Crippen molar-refractivity contribution >= 4 is 33.8 Å². The number of carbonyl (C=O) groups excluding carboxylic acids is 1. The second-order valence-electron chi connectivity index (χ2n) is 10.4. The van der Waals surface area contributed by atoms with Gasteiger partial charge in [-0.15, -0.1) is 0 Å². The van der Waals surface area contributed by atoms with Crippen molar-refractivity contribution in [2.75, 3.05) is 5.73 Å². The Morgan fingerprint density at radius 3 is 2.56 bits per heavy atom. The molecule has 0 radical (unpaired) electrons. The number of anilines is 1. The van der Waals surface area contributed by atoms with Gasteiger partial charge in [-0.3, -0.25) is 4.79 Å². The van der Waals surface area contributed by atoms with E-state index in [0.29, 0.717) is 29.2 Å². The minimum Gasteiger partial charge on any atom is -0.478 e. The molecule has 3 aromatic carbocycles. The van der Waals surface area contributed by atoms with E-state index in [4.69, 9.17) is 10.2 Å². The Balaban J connectivity index is 1.65. The highest BCUT2D eigenvalue weighted by Gasteiger charge is 2.37. The van der Waals surface area contributed by atoms with E-state index in [9.17, 15) is 14.7 Å². The summed E-state index contributed by atoms with van der Waals surface area (Å²) in [7, 11) is 0. The number of nitrogen functional groups attached to an aromatic ring is 1. The number of furan rings is 1. The molecular formula is C31H29NO4. The number of rotatable bonds is 5. The number of hydrogen-bond acceptors (Lipinski definition) is 4. The molecule has 0 unspecified atom stereocenters. The number of carbonyl (C=O) groups is 2. The summed E-state index contributed by atoms with van der Waals surface area (Å²) in [5, 5.41) is 11.5. The van der Waals surface area contributed by atoms with Crippen molar-refractivity contribution in [3.8, 4) is 11.3 Å². The zero-order chi connectivity index (χ0) is 25.6. The van der Waals surface area contributed by atoms with Crippen LogP contribution in [0, 0.1) is 5.41 Å². The van der Waals surface area contributed by atoms with E-state index in [1.54, 1.807) is 18.2 Å². The van der Waals surface area contributed by atoms with Crippen molar-refractivity contribution in [2.24, 2.45) is 5.41 Å². The Hall–Kier alpha value is -4.12. The van der Waals surface area contributed by atoms with Crippen molar-refractivity contribution in [2.45, 2.75) is 39.5 Å². The number of hydrogen-bond donors (Lipinski definition) is 2. The van der Waals surface area contributed by atoms with Crippen molar-refractivity contribution in [1.82, 2.24) is 0 Å². The monoisotopic (exact) mass is 479 g/mol. The summed E-state index contributed by atoms with van der Waals surface area (Å²) < 4.78 is 6.21. The van der Waals surface area contributed by atoms with Gasteiger partial charge in [-0.05, 0) is 58.5 Å². The maximum Gasteiger partial charge on any atom is 0.335 e. The molecule has 1 aliphatic rings. The van der Waals surface area contributed by atoms with Gasteiger partial charge in [-0.1, -0.05) is 63.2 Å². The first kappa shape index (κ1) is 23.6. The van der Waals surface area contributed by atoms with Crippen LogP contribution in [0.1, 0.15) is 61.2 Å². The van der Waals surface area contributed by atoms with E-state index >= 15 is 0 Å². The Kier molecular flexibility index (Phi) is 5.79. The van der Waals surface area contributed by atoms with Gasteiger partial charge in [0.2, 0.25) is 0 Å². The highest BCUT2D eigenvalue weighted by molar-refractivity contribution is 6.10. The number of aromatic carboxylic acids is 1. The lowest BCUT2D eigenvalue weighted by atomic mass is 9.68. The standard InChI is InChI=1S/C31H29NO4/c1-18(26-13-14-27(36-26)20-8-6-9-21(15-20)30(34)35)28-23(16-31(2,3)17-25(28)33)29-22-10-5-4-7-19(22)11-12-24(29)32/h4-15,18H,16-17,32H2,1-3H3,(H,34,35)/t18-/m1/s1. The summed E-state index contributed by atoms with van der Waals surface area (Å²) in [6.45, 7) is 6.23. The molecule has 1 atom stereocenters. The highest BCUT2D eigenvalue weighted by Crippen LogP contribution is 2.48. The molecule has 1 aliphatic carbocycles. The molecule has 182 valence electrons. The van der Waals surface area contributed by atoms with Crippen LogP contribution in [0.5, 0.6) is 0 Å². The van der Waals surface area contributed by atoms with Gasteiger partial charge in [0, 0.05) is 34.7 Å². The number of carboxylic acid groups (broad SMARTS) is 1. The molecule has 0 spiro atoms. The van der Waals surface area contributed by atoms with E-state index in [1.165, 1.54) is 0 Å². The lowest BCUT2D eigenvalue weighted by Crippen LogP contribution is -2.27. The maximum absolute atomic E-state index is 13.6. The minimum atomic E-state index is -0.991. The molecule has 0 saturated heterocycles. The Bertz CT molecular complexity index is 1540. The lowest BCUT2D eigenvalue weighted by Gasteiger charge is -2.35. The minimum absolute atomic E-state index is 0.104. The number of allylic oxidation sites excluding steroid dienone is 2. The van der Waals surface area contributed by atoms with Gasteiger partial charge in [-0.2, -0.15) is 0 Å². The second kappa shape index (κ2) is 8.83. The molecular weight excluding hydrogens is 450 g/mol. The van der Waals surface area contributed by atoms with Crippen LogP contribution in [0.25, 0.3) is 27.7 Å². The summed E-state index contributed by atoms with van der Waals surface area (Å²) in [6, 6.07) is 22.4. The molecule has 0 amide bonds. The molecule has 0 fully saturated rings. The largest absolute Gasteiger partial charge is 0.478 e. The number of fused-ring (bicyclic) bond motifs is 1. The smallest absolute Gasteiger partial charge is 0.335 e. The van der Waals surface area contributed by atoms with Gasteiger partial charge in [0.15, 0.2) is 5.78 Å². The molecule has 5 rings (SSSR count). The summed E-state index contributed by atoms with van der Waals surface area (Å²) in [4.78, 5) is 25.0. The predicted molar refractivity (Wildman–Crippen MR) is 143 cm³/mol. The first-order valence-corrected chi connectivity index (χ1v) is 12.1. The molecule has 4 aromatic rings. The topological polar surface area (TPSA) is 93.5 Å². The van der Waals surface area contributed by atoms with Gasteiger partial charge in [-0.25, -0.2) is 4.79 Å². The van der Waals surface area contributed by atoms with Crippen LogP contribution in [0.15, 0.2) is 82.8 Å². The molecule has 5 heteroatoms. The zero-order valence-electron chi connectivity index (χ0n) is 20.7. The molecule has 5 nitrogen and oxygen atoms in total. The van der Waals surface area contributed by atoms with Crippen molar-refractivity contribution < 1.29 is 19.1 Å². The van der Waals surface area contributed by atoms with Crippen molar-refractivity contribution in [3.63, 3.8) is 0 Å². The van der Waals surface area contributed by atoms with Gasteiger partial charge in [0.05, 0.1) is 5.56 Å². The van der Waals surface area contributed by atoms with Crippen molar-refractivity contribution in [3.05, 3.63) is 95.3 Å². The SMILES string of the molecule is C[C@@H](C1=C(c2c(N)ccc3ccccc23)CC(C)(C)CC1=O)c1ccc(-c2cccc(C(=O)O)c2)o1. The normalized spacial score (nSPS) is 16.4. The molecule has 0 saturated carbocycles. The lowest BCUT2D eigenvalue weighted by molar-refractivity contribution is -0.118. The number of benzene rings is 3. The fraction of sp³-hybridized carbons (Fsp3) is 0.226. The number of ketones is 1. The number of carboxylic acids is 1. The predicted octanol–water partition coefficient (Wildman–Crippen LogP) is 7.33. The molecule has 36 heavy (non-hydrogen) atoms. The number of nitrogens with two attached hydrogens (primary N) is 1. The zero-order valence-corrected chi connectivity index (χ0v) is 20.7. The van der Waals surface area contributed by atoms with Crippen LogP contribution >= 0.6 is 0 Å². The van der Waals surface area contributed by atoms with Crippen LogP contribution in [0.3, 0.4) is 0 Å². The molecule has 3 N–H and O–H groups in total. The molecule has 1 aromatic heterocycles. The van der Waals surface area contributed by atoms with E-state index < -0.39 is 5.97 Å². The Morgan fingerprint density at radius 2 is 1.78 bits per heavy atom. The number of Topliss-reactive ketones (excluding diaryl/α,β-unsaturated/α-hetero) is 1. The fourth-order valence-electron chi connectivity index (χ4n) is 5.37. The average Bonchev–Trinajstić information content (AvgIpc) is 3.33.